The lowest BCUT2D eigenvalue weighted by Gasteiger charge is -2.10. The van der Waals surface area contributed by atoms with Crippen LogP contribution in [0.1, 0.15) is 21.4 Å². The van der Waals surface area contributed by atoms with Gasteiger partial charge in [0.15, 0.2) is 0 Å². The Morgan fingerprint density at radius 2 is 2.14 bits per heavy atom. The summed E-state index contributed by atoms with van der Waals surface area (Å²) in [6.45, 7) is 0.276. The normalized spacial score (nSPS) is 12.9. The molecule has 3 heterocycles. The van der Waals surface area contributed by atoms with E-state index in [1.807, 2.05) is 6.07 Å². The lowest BCUT2D eigenvalue weighted by atomic mass is 10.0. The largest absolute Gasteiger partial charge is 0.369 e. The Morgan fingerprint density at radius 3 is 2.79 bits per heavy atom. The van der Waals surface area contributed by atoms with Crippen LogP contribution in [0.2, 0.25) is 0 Å². The summed E-state index contributed by atoms with van der Waals surface area (Å²) in [5, 5.41) is 3.99. The van der Waals surface area contributed by atoms with Gasteiger partial charge in [0.2, 0.25) is 5.91 Å². The summed E-state index contributed by atoms with van der Waals surface area (Å²) < 4.78 is 15.2. The smallest absolute Gasteiger partial charge is 0.346 e. The molecule has 0 spiro atoms. The Hall–Kier alpha value is -3.11. The molecule has 0 aliphatic heterocycles. The molecule has 4 N–H and O–H groups in total. The van der Waals surface area contributed by atoms with E-state index in [1.165, 1.54) is 22.2 Å². The highest BCUT2D eigenvalue weighted by Gasteiger charge is 2.23. The van der Waals surface area contributed by atoms with E-state index < -0.39 is 11.8 Å². The lowest BCUT2D eigenvalue weighted by molar-refractivity contribution is -0.118. The van der Waals surface area contributed by atoms with Crippen molar-refractivity contribution in [3.8, 4) is 0 Å². The van der Waals surface area contributed by atoms with Crippen LogP contribution in [0.4, 0.5) is 4.39 Å². The predicted molar refractivity (Wildman–Crippen MR) is 103 cm³/mol. The molecule has 28 heavy (non-hydrogen) atoms. The van der Waals surface area contributed by atoms with E-state index in [9.17, 15) is 14.0 Å². The minimum absolute atomic E-state index is 0.00203. The Balaban J connectivity index is 1.81. The quantitative estimate of drug-likeness (QED) is 0.582. The molecule has 0 aromatic carbocycles. The van der Waals surface area contributed by atoms with Gasteiger partial charge >= 0.3 is 5.69 Å². The van der Waals surface area contributed by atoms with Crippen LogP contribution in [0.15, 0.2) is 59.6 Å². The second kappa shape index (κ2) is 8.72. The van der Waals surface area contributed by atoms with Gasteiger partial charge in [0.25, 0.3) is 0 Å². The van der Waals surface area contributed by atoms with Crippen LogP contribution >= 0.6 is 11.3 Å². The van der Waals surface area contributed by atoms with E-state index in [-0.39, 0.29) is 30.9 Å². The van der Waals surface area contributed by atoms with Gasteiger partial charge in [-0.15, -0.1) is 11.3 Å². The molecule has 1 unspecified atom stereocenters. The molecule has 0 bridgehead atoms. The number of nitrogens with two attached hydrogens (primary N) is 2. The van der Waals surface area contributed by atoms with Gasteiger partial charge in [0, 0.05) is 22.5 Å². The van der Waals surface area contributed by atoms with E-state index in [0.29, 0.717) is 12.0 Å². The molecule has 1 atom stereocenters. The first-order chi connectivity index (χ1) is 13.5. The van der Waals surface area contributed by atoms with Gasteiger partial charge in [-0.3, -0.25) is 14.3 Å². The number of thiophene rings is 1. The molecule has 0 aliphatic rings. The molecule has 8 nitrogen and oxygen atoms in total. The van der Waals surface area contributed by atoms with E-state index in [2.05, 4.69) is 10.1 Å². The first-order valence-corrected chi connectivity index (χ1v) is 9.24. The first-order valence-electron chi connectivity index (χ1n) is 8.42. The fourth-order valence-corrected chi connectivity index (χ4v) is 3.84. The van der Waals surface area contributed by atoms with E-state index in [1.54, 1.807) is 30.5 Å². The van der Waals surface area contributed by atoms with Crippen molar-refractivity contribution >= 4 is 17.2 Å². The number of nitrogens with zero attached hydrogens (tertiary/aromatic N) is 4. The molecule has 0 fully saturated rings. The number of hydrogen-bond acceptors (Lipinski definition) is 6. The second-order valence-electron chi connectivity index (χ2n) is 6.06. The highest BCUT2D eigenvalue weighted by atomic mass is 32.1. The number of rotatable bonds is 8. The van der Waals surface area contributed by atoms with Gasteiger partial charge in [0.05, 0.1) is 25.1 Å². The topological polar surface area (TPSA) is 122 Å². The Kier molecular flexibility index (Phi) is 6.12. The van der Waals surface area contributed by atoms with Gasteiger partial charge < -0.3 is 11.5 Å². The monoisotopic (exact) mass is 402 g/mol. The lowest BCUT2D eigenvalue weighted by Crippen LogP contribution is -2.26. The van der Waals surface area contributed by atoms with Gasteiger partial charge in [0.1, 0.15) is 12.2 Å². The number of pyridine rings is 1. The molecule has 0 saturated heterocycles. The molecule has 3 aromatic rings. The highest BCUT2D eigenvalue weighted by Crippen LogP contribution is 2.29. The molecule has 0 aliphatic carbocycles. The van der Waals surface area contributed by atoms with Crippen LogP contribution in [0.5, 0.6) is 0 Å². The number of primary amides is 1. The maximum atomic E-state index is 12.7. The third kappa shape index (κ3) is 4.24. The molecular weight excluding hydrogens is 383 g/mol. The van der Waals surface area contributed by atoms with Crippen molar-refractivity contribution in [2.24, 2.45) is 11.5 Å². The molecule has 3 rings (SSSR count). The van der Waals surface area contributed by atoms with Crippen LogP contribution < -0.4 is 17.2 Å². The molecule has 146 valence electrons. The van der Waals surface area contributed by atoms with Crippen molar-refractivity contribution in [3.05, 3.63) is 80.7 Å². The number of aromatic nitrogens is 4. The molecule has 0 radical (unpaired) electrons. The fraction of sp³-hybridized carbons (Fsp3) is 0.222. The van der Waals surface area contributed by atoms with Crippen LogP contribution in [0, 0.1) is 0 Å². The first kappa shape index (κ1) is 19.6. The minimum atomic E-state index is -0.652. The average Bonchev–Trinajstić information content (AvgIpc) is 3.28. The molecule has 1 amide bonds. The number of carbonyl (C=O) groups excluding carboxylic acids is 1. The second-order valence-corrected chi connectivity index (χ2v) is 7.26. The van der Waals surface area contributed by atoms with Crippen molar-refractivity contribution < 1.29 is 9.18 Å². The van der Waals surface area contributed by atoms with Crippen LogP contribution in [0.3, 0.4) is 0 Å². The Bertz CT molecular complexity index is 1040. The summed E-state index contributed by atoms with van der Waals surface area (Å²) in [6, 6.07) is 8.94. The zero-order chi connectivity index (χ0) is 20.1. The van der Waals surface area contributed by atoms with Gasteiger partial charge in [-0.25, -0.2) is 13.9 Å². The van der Waals surface area contributed by atoms with E-state index >= 15 is 0 Å². The SMILES string of the molecule is NC/C(=C/F)Cn1ncn(Cc2ccc(C(C(N)=O)c3ccccn3)s2)c1=O. The summed E-state index contributed by atoms with van der Waals surface area (Å²) in [5.41, 5.74) is 11.5. The summed E-state index contributed by atoms with van der Waals surface area (Å²) in [5.74, 6) is -1.15. The maximum absolute atomic E-state index is 12.7. The summed E-state index contributed by atoms with van der Waals surface area (Å²) in [6.07, 6.45) is 3.38. The zero-order valence-corrected chi connectivity index (χ0v) is 15.7. The average molecular weight is 402 g/mol. The van der Waals surface area contributed by atoms with Crippen LogP contribution in [-0.2, 0) is 17.9 Å². The standard InChI is InChI=1S/C18H19FN6O2S/c19-7-12(8-20)9-25-18(27)24(11-23-25)10-13-4-5-15(28-13)16(17(21)26)14-3-1-2-6-22-14/h1-7,11,16H,8-10,20H2,(H2,21,26)/b12-7-. The summed E-state index contributed by atoms with van der Waals surface area (Å²) >= 11 is 1.37. The van der Waals surface area contributed by atoms with Gasteiger partial charge in [-0.1, -0.05) is 6.07 Å². The fourth-order valence-electron chi connectivity index (χ4n) is 2.71. The van der Waals surface area contributed by atoms with Crippen molar-refractivity contribution in [3.63, 3.8) is 0 Å². The van der Waals surface area contributed by atoms with Crippen molar-refractivity contribution in [2.45, 2.75) is 19.0 Å². The zero-order valence-electron chi connectivity index (χ0n) is 14.9. The van der Waals surface area contributed by atoms with Gasteiger partial charge in [-0.05, 0) is 29.8 Å². The van der Waals surface area contributed by atoms with Gasteiger partial charge in [-0.2, -0.15) is 5.10 Å². The number of amides is 1. The minimum Gasteiger partial charge on any atom is -0.369 e. The maximum Gasteiger partial charge on any atom is 0.346 e. The van der Waals surface area contributed by atoms with Crippen molar-refractivity contribution in [1.29, 1.82) is 0 Å². The van der Waals surface area contributed by atoms with E-state index in [4.69, 9.17) is 11.5 Å². The van der Waals surface area contributed by atoms with Crippen molar-refractivity contribution in [2.75, 3.05) is 6.54 Å². The Morgan fingerprint density at radius 1 is 1.32 bits per heavy atom. The molecule has 10 heteroatoms. The summed E-state index contributed by atoms with van der Waals surface area (Å²) in [4.78, 5) is 30.2. The third-order valence-electron chi connectivity index (χ3n) is 4.13. The van der Waals surface area contributed by atoms with Crippen LogP contribution in [-0.4, -0.2) is 31.8 Å². The highest BCUT2D eigenvalue weighted by molar-refractivity contribution is 7.12. The van der Waals surface area contributed by atoms with E-state index in [0.717, 1.165) is 14.4 Å². The molecular formula is C18H19FN6O2S. The molecule has 0 saturated carbocycles. The third-order valence-corrected chi connectivity index (χ3v) is 5.26. The predicted octanol–water partition coefficient (Wildman–Crippen LogP) is 0.979. The summed E-state index contributed by atoms with van der Waals surface area (Å²) in [7, 11) is 0. The number of halogens is 1. The molecule has 3 aromatic heterocycles. The van der Waals surface area contributed by atoms with Crippen molar-refractivity contribution in [1.82, 2.24) is 19.3 Å². The Labute approximate surface area is 163 Å². The number of hydrogen-bond donors (Lipinski definition) is 2. The van der Waals surface area contributed by atoms with Crippen LogP contribution in [0.25, 0.3) is 0 Å². The number of carbonyl (C=O) groups is 1.